The van der Waals surface area contributed by atoms with Crippen LogP contribution in [0.5, 0.6) is 0 Å². The summed E-state index contributed by atoms with van der Waals surface area (Å²) < 4.78 is 0. The molecule has 0 aromatic heterocycles. The molecule has 0 bridgehead atoms. The Bertz CT molecular complexity index is 297. The van der Waals surface area contributed by atoms with Gasteiger partial charge in [0, 0.05) is 5.92 Å². The minimum atomic E-state index is -0.956. The van der Waals surface area contributed by atoms with Gasteiger partial charge in [0.2, 0.25) is 0 Å². The number of hydrogen-bond acceptors (Lipinski definition) is 1. The van der Waals surface area contributed by atoms with E-state index in [0.717, 1.165) is 12.0 Å². The number of carboxylic acids is 1. The molecule has 2 nitrogen and oxygen atoms in total. The molecule has 0 radical (unpaired) electrons. The van der Waals surface area contributed by atoms with Crippen molar-refractivity contribution >= 4 is 17.6 Å². The summed E-state index contributed by atoms with van der Waals surface area (Å²) in [4.78, 5) is 10.7. The van der Waals surface area contributed by atoms with E-state index in [1.165, 1.54) is 0 Å². The number of carboxylic acid groups (broad SMARTS) is 1. The van der Waals surface area contributed by atoms with Gasteiger partial charge in [0.1, 0.15) is 5.38 Å². The Kier molecular flexibility index (Phi) is 3.96. The molecule has 2 unspecified atom stereocenters. The fourth-order valence-corrected chi connectivity index (χ4v) is 1.81. The number of hydrogen-bond donors (Lipinski definition) is 1. The van der Waals surface area contributed by atoms with E-state index in [9.17, 15) is 4.79 Å². The van der Waals surface area contributed by atoms with Gasteiger partial charge in [0.25, 0.3) is 0 Å². The molecule has 1 rings (SSSR count). The SMILES string of the molecule is CCC(c1ccccc1)C(Cl)C(=O)O. The molecular formula is C11H13ClO2. The van der Waals surface area contributed by atoms with Crippen LogP contribution in [0.4, 0.5) is 0 Å². The first-order valence-electron chi connectivity index (χ1n) is 4.58. The predicted octanol–water partition coefficient (Wildman–Crippen LogP) is 2.87. The van der Waals surface area contributed by atoms with Gasteiger partial charge in [-0.15, -0.1) is 11.6 Å². The highest BCUT2D eigenvalue weighted by Crippen LogP contribution is 2.26. The van der Waals surface area contributed by atoms with Crippen LogP contribution in [-0.2, 0) is 4.79 Å². The first-order chi connectivity index (χ1) is 6.66. The summed E-state index contributed by atoms with van der Waals surface area (Å²) in [6, 6.07) is 9.51. The topological polar surface area (TPSA) is 37.3 Å². The minimum absolute atomic E-state index is 0.115. The van der Waals surface area contributed by atoms with Crippen LogP contribution in [0.1, 0.15) is 24.8 Å². The highest BCUT2D eigenvalue weighted by Gasteiger charge is 2.25. The van der Waals surface area contributed by atoms with Crippen molar-refractivity contribution in [2.24, 2.45) is 0 Å². The van der Waals surface area contributed by atoms with E-state index in [1.807, 2.05) is 37.3 Å². The van der Waals surface area contributed by atoms with Crippen LogP contribution in [-0.4, -0.2) is 16.5 Å². The van der Waals surface area contributed by atoms with Gasteiger partial charge < -0.3 is 5.11 Å². The monoisotopic (exact) mass is 212 g/mol. The summed E-state index contributed by atoms with van der Waals surface area (Å²) in [5.74, 6) is -1.07. The van der Waals surface area contributed by atoms with Crippen LogP contribution in [0.2, 0.25) is 0 Å². The zero-order chi connectivity index (χ0) is 10.6. The standard InChI is InChI=1S/C11H13ClO2/c1-2-9(10(12)11(13)14)8-6-4-3-5-7-8/h3-7,9-10H,2H2,1H3,(H,13,14). The van der Waals surface area contributed by atoms with Crippen molar-refractivity contribution in [1.82, 2.24) is 0 Å². The van der Waals surface area contributed by atoms with Crippen LogP contribution in [0, 0.1) is 0 Å². The maximum absolute atomic E-state index is 10.7. The third-order valence-corrected chi connectivity index (χ3v) is 2.75. The summed E-state index contributed by atoms with van der Waals surface area (Å²) in [6.07, 6.45) is 0.727. The lowest BCUT2D eigenvalue weighted by Crippen LogP contribution is -2.21. The first-order valence-corrected chi connectivity index (χ1v) is 5.02. The first kappa shape index (κ1) is 11.1. The minimum Gasteiger partial charge on any atom is -0.480 e. The summed E-state index contributed by atoms with van der Waals surface area (Å²) in [5, 5.41) is 7.97. The summed E-state index contributed by atoms with van der Waals surface area (Å²) >= 11 is 5.82. The summed E-state index contributed by atoms with van der Waals surface area (Å²) in [5.41, 5.74) is 0.984. The van der Waals surface area contributed by atoms with Gasteiger partial charge in [0.15, 0.2) is 0 Å². The lowest BCUT2D eigenvalue weighted by Gasteiger charge is -2.17. The zero-order valence-corrected chi connectivity index (χ0v) is 8.74. The van der Waals surface area contributed by atoms with Crippen molar-refractivity contribution in [1.29, 1.82) is 0 Å². The largest absolute Gasteiger partial charge is 0.480 e. The smallest absolute Gasteiger partial charge is 0.322 e. The quantitative estimate of drug-likeness (QED) is 0.780. The lowest BCUT2D eigenvalue weighted by atomic mass is 9.93. The molecule has 0 spiro atoms. The fraction of sp³-hybridized carbons (Fsp3) is 0.364. The maximum Gasteiger partial charge on any atom is 0.322 e. The molecule has 2 atom stereocenters. The van der Waals surface area contributed by atoms with E-state index < -0.39 is 11.3 Å². The highest BCUT2D eigenvalue weighted by atomic mass is 35.5. The highest BCUT2D eigenvalue weighted by molar-refractivity contribution is 6.30. The second-order valence-corrected chi connectivity index (χ2v) is 3.64. The van der Waals surface area contributed by atoms with Crippen molar-refractivity contribution in [3.05, 3.63) is 35.9 Å². The molecule has 0 heterocycles. The molecule has 0 aliphatic rings. The van der Waals surface area contributed by atoms with Crippen molar-refractivity contribution in [3.8, 4) is 0 Å². The van der Waals surface area contributed by atoms with Crippen LogP contribution in [0.25, 0.3) is 0 Å². The Morgan fingerprint density at radius 3 is 2.43 bits per heavy atom. The molecule has 0 aliphatic carbocycles. The van der Waals surface area contributed by atoms with Crippen molar-refractivity contribution < 1.29 is 9.90 Å². The second kappa shape index (κ2) is 5.01. The third-order valence-electron chi connectivity index (χ3n) is 2.26. The van der Waals surface area contributed by atoms with E-state index >= 15 is 0 Å². The Labute approximate surface area is 88.5 Å². The maximum atomic E-state index is 10.7. The zero-order valence-electron chi connectivity index (χ0n) is 7.98. The van der Waals surface area contributed by atoms with Crippen LogP contribution in [0.15, 0.2) is 30.3 Å². The predicted molar refractivity (Wildman–Crippen MR) is 56.8 cm³/mol. The van der Waals surface area contributed by atoms with Gasteiger partial charge in [0.05, 0.1) is 0 Å². The van der Waals surface area contributed by atoms with Crippen LogP contribution in [0.3, 0.4) is 0 Å². The Balaban J connectivity index is 2.87. The van der Waals surface area contributed by atoms with Gasteiger partial charge in [-0.05, 0) is 12.0 Å². The average molecular weight is 213 g/mol. The normalized spacial score (nSPS) is 14.7. The molecule has 0 saturated heterocycles. The molecule has 1 aromatic rings. The number of benzene rings is 1. The molecule has 1 aromatic carbocycles. The van der Waals surface area contributed by atoms with Gasteiger partial charge >= 0.3 is 5.97 Å². The van der Waals surface area contributed by atoms with E-state index in [0.29, 0.717) is 0 Å². The number of rotatable bonds is 4. The summed E-state index contributed by atoms with van der Waals surface area (Å²) in [7, 11) is 0. The molecule has 14 heavy (non-hydrogen) atoms. The molecule has 1 N–H and O–H groups in total. The fourth-order valence-electron chi connectivity index (χ4n) is 1.48. The number of carbonyl (C=O) groups is 1. The molecule has 3 heteroatoms. The molecule has 0 amide bonds. The lowest BCUT2D eigenvalue weighted by molar-refractivity contribution is -0.137. The Morgan fingerprint density at radius 2 is 2.00 bits per heavy atom. The van der Waals surface area contributed by atoms with Crippen molar-refractivity contribution in [3.63, 3.8) is 0 Å². The van der Waals surface area contributed by atoms with Crippen molar-refractivity contribution in [2.75, 3.05) is 0 Å². The average Bonchev–Trinajstić information content (AvgIpc) is 2.20. The van der Waals surface area contributed by atoms with E-state index in [4.69, 9.17) is 16.7 Å². The van der Waals surface area contributed by atoms with Gasteiger partial charge in [-0.3, -0.25) is 4.79 Å². The Hall–Kier alpha value is -1.02. The van der Waals surface area contributed by atoms with Gasteiger partial charge in [-0.25, -0.2) is 0 Å². The number of alkyl halides is 1. The molecule has 0 saturated carbocycles. The van der Waals surface area contributed by atoms with Gasteiger partial charge in [-0.1, -0.05) is 37.3 Å². The molecule has 0 fully saturated rings. The number of aliphatic carboxylic acids is 1. The molecule has 0 aliphatic heterocycles. The van der Waals surface area contributed by atoms with E-state index in [2.05, 4.69) is 0 Å². The van der Waals surface area contributed by atoms with Crippen LogP contribution < -0.4 is 0 Å². The summed E-state index contributed by atoms with van der Waals surface area (Å²) in [6.45, 7) is 1.94. The number of halogens is 1. The molecular weight excluding hydrogens is 200 g/mol. The van der Waals surface area contributed by atoms with E-state index in [1.54, 1.807) is 0 Å². The van der Waals surface area contributed by atoms with Gasteiger partial charge in [-0.2, -0.15) is 0 Å². The Morgan fingerprint density at radius 1 is 1.43 bits per heavy atom. The van der Waals surface area contributed by atoms with E-state index in [-0.39, 0.29) is 5.92 Å². The second-order valence-electron chi connectivity index (χ2n) is 3.17. The van der Waals surface area contributed by atoms with Crippen LogP contribution >= 0.6 is 11.6 Å². The molecule has 76 valence electrons. The van der Waals surface area contributed by atoms with Crippen molar-refractivity contribution in [2.45, 2.75) is 24.6 Å². The third kappa shape index (κ3) is 2.48.